The molecule has 2 aromatic carbocycles. The van der Waals surface area contributed by atoms with E-state index in [1.165, 1.54) is 25.3 Å². The Kier molecular flexibility index (Phi) is 4.71. The summed E-state index contributed by atoms with van der Waals surface area (Å²) in [6, 6.07) is 13.2. The average Bonchev–Trinajstić information content (AvgIpc) is 3.04. The van der Waals surface area contributed by atoms with Gasteiger partial charge in [-0.2, -0.15) is 0 Å². The van der Waals surface area contributed by atoms with Crippen LogP contribution < -0.4 is 10.5 Å². The highest BCUT2D eigenvalue weighted by atomic mass is 32.2. The quantitative estimate of drug-likeness (QED) is 0.664. The first kappa shape index (κ1) is 18.0. The Morgan fingerprint density at radius 1 is 1.19 bits per heavy atom. The van der Waals surface area contributed by atoms with Crippen molar-refractivity contribution in [3.63, 3.8) is 0 Å². The van der Waals surface area contributed by atoms with Crippen molar-refractivity contribution in [2.75, 3.05) is 12.4 Å². The molecule has 136 valence electrons. The monoisotopic (exact) mass is 374 g/mol. The lowest BCUT2D eigenvalue weighted by Gasteiger charge is -2.16. The third-order valence-electron chi connectivity index (χ3n) is 3.97. The molecule has 0 unspecified atom stereocenters. The number of anilines is 1. The number of fused-ring (bicyclic) bond motifs is 1. The van der Waals surface area contributed by atoms with Crippen molar-refractivity contribution in [3.8, 4) is 0 Å². The second kappa shape index (κ2) is 6.81. The SMILES string of the molecule is COC(=O)c1cc(S(N)(=O)=O)ccc1N[C@H](C)c1cc2ccccc2o1. The minimum absolute atomic E-state index is 0.0713. The van der Waals surface area contributed by atoms with E-state index in [2.05, 4.69) is 5.32 Å². The van der Waals surface area contributed by atoms with E-state index in [9.17, 15) is 13.2 Å². The first-order valence-corrected chi connectivity index (χ1v) is 9.34. The Bertz CT molecular complexity index is 1040. The number of rotatable bonds is 5. The van der Waals surface area contributed by atoms with Gasteiger partial charge in [0.25, 0.3) is 0 Å². The van der Waals surface area contributed by atoms with Gasteiger partial charge in [-0.05, 0) is 37.3 Å². The van der Waals surface area contributed by atoms with Crippen molar-refractivity contribution < 1.29 is 22.4 Å². The largest absolute Gasteiger partial charge is 0.465 e. The van der Waals surface area contributed by atoms with Gasteiger partial charge in [0.1, 0.15) is 11.3 Å². The number of benzene rings is 2. The topological polar surface area (TPSA) is 112 Å². The maximum atomic E-state index is 12.1. The van der Waals surface area contributed by atoms with Crippen LogP contribution in [0.2, 0.25) is 0 Å². The molecule has 3 N–H and O–H groups in total. The summed E-state index contributed by atoms with van der Waals surface area (Å²) >= 11 is 0. The highest BCUT2D eigenvalue weighted by Crippen LogP contribution is 2.28. The Morgan fingerprint density at radius 2 is 1.92 bits per heavy atom. The van der Waals surface area contributed by atoms with Gasteiger partial charge in [0.15, 0.2) is 0 Å². The van der Waals surface area contributed by atoms with Crippen molar-refractivity contribution in [1.82, 2.24) is 0 Å². The van der Waals surface area contributed by atoms with Gasteiger partial charge in [-0.1, -0.05) is 18.2 Å². The van der Waals surface area contributed by atoms with Gasteiger partial charge in [0.2, 0.25) is 10.0 Å². The van der Waals surface area contributed by atoms with Crippen LogP contribution in [-0.2, 0) is 14.8 Å². The van der Waals surface area contributed by atoms with Crippen LogP contribution in [0, 0.1) is 0 Å². The van der Waals surface area contributed by atoms with Gasteiger partial charge in [-0.15, -0.1) is 0 Å². The second-order valence-electron chi connectivity index (χ2n) is 5.80. The first-order valence-electron chi connectivity index (χ1n) is 7.80. The Balaban J connectivity index is 1.96. The van der Waals surface area contributed by atoms with E-state index in [1.807, 2.05) is 37.3 Å². The number of hydrogen-bond acceptors (Lipinski definition) is 6. The highest BCUT2D eigenvalue weighted by Gasteiger charge is 2.19. The molecular formula is C18H18N2O5S. The molecule has 0 aliphatic carbocycles. The van der Waals surface area contributed by atoms with E-state index in [4.69, 9.17) is 14.3 Å². The van der Waals surface area contributed by atoms with Crippen molar-refractivity contribution >= 4 is 32.6 Å². The third-order valence-corrected chi connectivity index (χ3v) is 4.88. The molecule has 0 aliphatic rings. The van der Waals surface area contributed by atoms with Gasteiger partial charge in [0.05, 0.1) is 23.6 Å². The number of nitrogens with one attached hydrogen (secondary N) is 1. The van der Waals surface area contributed by atoms with E-state index >= 15 is 0 Å². The van der Waals surface area contributed by atoms with E-state index in [0.29, 0.717) is 11.4 Å². The molecule has 26 heavy (non-hydrogen) atoms. The van der Waals surface area contributed by atoms with Crippen molar-refractivity contribution in [3.05, 3.63) is 59.9 Å². The third kappa shape index (κ3) is 3.56. The van der Waals surface area contributed by atoms with Crippen LogP contribution in [0.4, 0.5) is 5.69 Å². The molecular weight excluding hydrogens is 356 g/mol. The zero-order chi connectivity index (χ0) is 18.9. The highest BCUT2D eigenvalue weighted by molar-refractivity contribution is 7.89. The van der Waals surface area contributed by atoms with Gasteiger partial charge in [-0.3, -0.25) is 0 Å². The van der Waals surface area contributed by atoms with Crippen LogP contribution in [0.5, 0.6) is 0 Å². The molecule has 0 spiro atoms. The molecule has 0 fully saturated rings. The standard InChI is InChI=1S/C18H18N2O5S/c1-11(17-9-12-5-3-4-6-16(12)25-17)20-15-8-7-13(26(19,22)23)10-14(15)18(21)24-2/h3-11,20H,1-2H3,(H2,19,22,23)/t11-/m1/s1. The molecule has 0 saturated heterocycles. The predicted molar refractivity (Wildman–Crippen MR) is 97.4 cm³/mol. The maximum Gasteiger partial charge on any atom is 0.340 e. The van der Waals surface area contributed by atoms with Gasteiger partial charge >= 0.3 is 5.97 Å². The average molecular weight is 374 g/mol. The van der Waals surface area contributed by atoms with Crippen LogP contribution >= 0.6 is 0 Å². The molecule has 0 aliphatic heterocycles. The number of primary sulfonamides is 1. The lowest BCUT2D eigenvalue weighted by molar-refractivity contribution is 0.0601. The number of para-hydroxylation sites is 1. The number of carbonyl (C=O) groups is 1. The van der Waals surface area contributed by atoms with Gasteiger partial charge in [0, 0.05) is 11.1 Å². The Labute approximate surface area is 150 Å². The Morgan fingerprint density at radius 3 is 2.58 bits per heavy atom. The molecule has 0 bridgehead atoms. The number of methoxy groups -OCH3 is 1. The number of esters is 1. The zero-order valence-electron chi connectivity index (χ0n) is 14.2. The van der Waals surface area contributed by atoms with Gasteiger partial charge < -0.3 is 14.5 Å². The summed E-state index contributed by atoms with van der Waals surface area (Å²) in [6.45, 7) is 1.87. The summed E-state index contributed by atoms with van der Waals surface area (Å²) in [7, 11) is -2.72. The van der Waals surface area contributed by atoms with Crippen LogP contribution in [0.15, 0.2) is 57.8 Å². The molecule has 1 heterocycles. The summed E-state index contributed by atoms with van der Waals surface area (Å²) in [5.74, 6) is 0.00680. The first-order chi connectivity index (χ1) is 12.3. The van der Waals surface area contributed by atoms with Crippen molar-refractivity contribution in [2.24, 2.45) is 5.14 Å². The number of carbonyl (C=O) groups excluding carboxylic acids is 1. The second-order valence-corrected chi connectivity index (χ2v) is 7.36. The fourth-order valence-corrected chi connectivity index (χ4v) is 3.17. The summed E-state index contributed by atoms with van der Waals surface area (Å²) in [4.78, 5) is 11.9. The minimum Gasteiger partial charge on any atom is -0.465 e. The molecule has 0 amide bonds. The lowest BCUT2D eigenvalue weighted by atomic mass is 10.1. The maximum absolute atomic E-state index is 12.1. The van der Waals surface area contributed by atoms with Crippen molar-refractivity contribution in [2.45, 2.75) is 17.9 Å². The van der Waals surface area contributed by atoms with Crippen molar-refractivity contribution in [1.29, 1.82) is 0 Å². The number of ether oxygens (including phenoxy) is 1. The Hall–Kier alpha value is -2.84. The number of hydrogen-bond donors (Lipinski definition) is 2. The normalized spacial score (nSPS) is 12.7. The van der Waals surface area contributed by atoms with Crippen LogP contribution in [0.3, 0.4) is 0 Å². The minimum atomic E-state index is -3.94. The molecule has 8 heteroatoms. The zero-order valence-corrected chi connectivity index (χ0v) is 15.0. The molecule has 3 aromatic rings. The predicted octanol–water partition coefficient (Wildman–Crippen LogP) is 3.04. The molecule has 0 saturated carbocycles. The number of sulfonamides is 1. The molecule has 1 atom stereocenters. The fourth-order valence-electron chi connectivity index (χ4n) is 2.63. The summed E-state index contributed by atoms with van der Waals surface area (Å²) in [5, 5.41) is 9.26. The molecule has 7 nitrogen and oxygen atoms in total. The van der Waals surface area contributed by atoms with Crippen LogP contribution in [0.25, 0.3) is 11.0 Å². The lowest BCUT2D eigenvalue weighted by Crippen LogP contribution is -2.16. The summed E-state index contributed by atoms with van der Waals surface area (Å²) in [5.41, 5.74) is 1.24. The van der Waals surface area contributed by atoms with E-state index in [-0.39, 0.29) is 16.5 Å². The van der Waals surface area contributed by atoms with Gasteiger partial charge in [-0.25, -0.2) is 18.4 Å². The van der Waals surface area contributed by atoms with Crippen LogP contribution in [-0.4, -0.2) is 21.5 Å². The summed E-state index contributed by atoms with van der Waals surface area (Å²) < 4.78 is 33.6. The molecule has 0 radical (unpaired) electrons. The van der Waals surface area contributed by atoms with E-state index < -0.39 is 16.0 Å². The smallest absolute Gasteiger partial charge is 0.340 e. The van der Waals surface area contributed by atoms with E-state index in [0.717, 1.165) is 11.0 Å². The fraction of sp³-hybridized carbons (Fsp3) is 0.167. The van der Waals surface area contributed by atoms with E-state index in [1.54, 1.807) is 0 Å². The van der Waals surface area contributed by atoms with Crippen LogP contribution in [0.1, 0.15) is 29.1 Å². The number of furan rings is 1. The summed E-state index contributed by atoms with van der Waals surface area (Å²) in [6.07, 6.45) is 0. The molecule has 3 rings (SSSR count). The molecule has 1 aromatic heterocycles. The number of nitrogens with two attached hydrogens (primary N) is 1.